The second kappa shape index (κ2) is 6.15. The number of hydrogen-bond acceptors (Lipinski definition) is 3. The lowest BCUT2D eigenvalue weighted by Gasteiger charge is -2.32. The zero-order chi connectivity index (χ0) is 12.1. The Kier molecular flexibility index (Phi) is 4.54. The van der Waals surface area contributed by atoms with Crippen LogP contribution in [0.5, 0.6) is 0 Å². The van der Waals surface area contributed by atoms with Crippen molar-refractivity contribution < 1.29 is 5.11 Å². The van der Waals surface area contributed by atoms with Gasteiger partial charge in [-0.2, -0.15) is 0 Å². The molecule has 0 radical (unpaired) electrons. The first-order valence-electron chi connectivity index (χ1n) is 6.45. The zero-order valence-electron chi connectivity index (χ0n) is 10.3. The van der Waals surface area contributed by atoms with Crippen LogP contribution in [0.2, 0.25) is 0 Å². The molecule has 1 aliphatic heterocycles. The standard InChI is InChI=1S/C14H22N2O/c15-10-13(12-4-2-1-3-5-12)11-16-8-6-14(17)7-9-16/h1-5,13-14,17H,6-11,15H2. The Balaban J connectivity index is 1.92. The second-order valence-electron chi connectivity index (χ2n) is 4.88. The summed E-state index contributed by atoms with van der Waals surface area (Å²) in [4.78, 5) is 2.41. The summed E-state index contributed by atoms with van der Waals surface area (Å²) in [6, 6.07) is 10.5. The number of rotatable bonds is 4. The first kappa shape index (κ1) is 12.6. The van der Waals surface area contributed by atoms with Gasteiger partial charge in [0, 0.05) is 32.1 Å². The van der Waals surface area contributed by atoms with E-state index >= 15 is 0 Å². The van der Waals surface area contributed by atoms with E-state index in [2.05, 4.69) is 29.2 Å². The van der Waals surface area contributed by atoms with E-state index in [0.29, 0.717) is 12.5 Å². The highest BCUT2D eigenvalue weighted by Crippen LogP contribution is 2.18. The average molecular weight is 234 g/mol. The molecular formula is C14H22N2O. The molecule has 3 nitrogen and oxygen atoms in total. The fourth-order valence-electron chi connectivity index (χ4n) is 2.45. The first-order chi connectivity index (χ1) is 8.29. The summed E-state index contributed by atoms with van der Waals surface area (Å²) in [5.74, 6) is 0.409. The molecule has 0 spiro atoms. The van der Waals surface area contributed by atoms with Crippen LogP contribution in [0.4, 0.5) is 0 Å². The SMILES string of the molecule is NCC(CN1CCC(O)CC1)c1ccccc1. The normalized spacial score (nSPS) is 20.4. The van der Waals surface area contributed by atoms with Gasteiger partial charge in [-0.15, -0.1) is 0 Å². The number of hydrogen-bond donors (Lipinski definition) is 2. The van der Waals surface area contributed by atoms with Gasteiger partial charge in [-0.1, -0.05) is 30.3 Å². The number of aliphatic hydroxyl groups excluding tert-OH is 1. The number of likely N-dealkylation sites (tertiary alicyclic amines) is 1. The van der Waals surface area contributed by atoms with E-state index in [1.54, 1.807) is 0 Å². The topological polar surface area (TPSA) is 49.5 Å². The van der Waals surface area contributed by atoms with Gasteiger partial charge in [0.1, 0.15) is 0 Å². The Morgan fingerprint density at radius 3 is 2.47 bits per heavy atom. The molecule has 1 heterocycles. The smallest absolute Gasteiger partial charge is 0.0564 e. The molecule has 0 saturated carbocycles. The number of nitrogens with two attached hydrogens (primary N) is 1. The lowest BCUT2D eigenvalue weighted by atomic mass is 9.97. The molecule has 0 amide bonds. The van der Waals surface area contributed by atoms with Crippen molar-refractivity contribution in [1.29, 1.82) is 0 Å². The van der Waals surface area contributed by atoms with Crippen LogP contribution in [0.15, 0.2) is 30.3 Å². The number of aliphatic hydroxyl groups is 1. The van der Waals surface area contributed by atoms with Gasteiger partial charge in [-0.25, -0.2) is 0 Å². The van der Waals surface area contributed by atoms with Crippen LogP contribution in [0.3, 0.4) is 0 Å². The third-order valence-electron chi connectivity index (χ3n) is 3.59. The third-order valence-corrected chi connectivity index (χ3v) is 3.59. The molecule has 17 heavy (non-hydrogen) atoms. The Morgan fingerprint density at radius 2 is 1.88 bits per heavy atom. The summed E-state index contributed by atoms with van der Waals surface area (Å²) in [6.07, 6.45) is 1.69. The molecule has 1 saturated heterocycles. The van der Waals surface area contributed by atoms with Crippen molar-refractivity contribution in [2.75, 3.05) is 26.2 Å². The van der Waals surface area contributed by atoms with Crippen molar-refractivity contribution in [3.05, 3.63) is 35.9 Å². The molecule has 1 aliphatic rings. The van der Waals surface area contributed by atoms with E-state index in [4.69, 9.17) is 5.73 Å². The van der Waals surface area contributed by atoms with Crippen LogP contribution < -0.4 is 5.73 Å². The summed E-state index contributed by atoms with van der Waals surface area (Å²) < 4.78 is 0. The van der Waals surface area contributed by atoms with Crippen molar-refractivity contribution in [1.82, 2.24) is 4.90 Å². The lowest BCUT2D eigenvalue weighted by molar-refractivity contribution is 0.0799. The summed E-state index contributed by atoms with van der Waals surface area (Å²) in [5, 5.41) is 9.48. The molecule has 0 aromatic heterocycles. The minimum absolute atomic E-state index is 0.0979. The van der Waals surface area contributed by atoms with Crippen LogP contribution in [0, 0.1) is 0 Å². The van der Waals surface area contributed by atoms with Crippen molar-refractivity contribution in [3.8, 4) is 0 Å². The molecular weight excluding hydrogens is 212 g/mol. The molecule has 1 aromatic rings. The Labute approximate surface area is 103 Å². The Hall–Kier alpha value is -0.900. The molecule has 0 aliphatic carbocycles. The van der Waals surface area contributed by atoms with Crippen LogP contribution in [0.25, 0.3) is 0 Å². The van der Waals surface area contributed by atoms with E-state index in [1.165, 1.54) is 5.56 Å². The monoisotopic (exact) mass is 234 g/mol. The maximum absolute atomic E-state index is 9.48. The summed E-state index contributed by atoms with van der Waals surface area (Å²) in [7, 11) is 0. The Morgan fingerprint density at radius 1 is 1.24 bits per heavy atom. The highest BCUT2D eigenvalue weighted by atomic mass is 16.3. The number of nitrogens with zero attached hydrogens (tertiary/aromatic N) is 1. The maximum Gasteiger partial charge on any atom is 0.0564 e. The molecule has 1 unspecified atom stereocenters. The van der Waals surface area contributed by atoms with Crippen LogP contribution in [0.1, 0.15) is 24.3 Å². The number of piperidine rings is 1. The zero-order valence-corrected chi connectivity index (χ0v) is 10.3. The van der Waals surface area contributed by atoms with Crippen molar-refractivity contribution in [2.24, 2.45) is 5.73 Å². The summed E-state index contributed by atoms with van der Waals surface area (Å²) in [5.41, 5.74) is 7.19. The third kappa shape index (κ3) is 3.53. The fraction of sp³-hybridized carbons (Fsp3) is 0.571. The predicted molar refractivity (Wildman–Crippen MR) is 69.9 cm³/mol. The minimum Gasteiger partial charge on any atom is -0.393 e. The van der Waals surface area contributed by atoms with Crippen LogP contribution in [-0.4, -0.2) is 42.3 Å². The largest absolute Gasteiger partial charge is 0.393 e. The first-order valence-corrected chi connectivity index (χ1v) is 6.45. The van der Waals surface area contributed by atoms with E-state index in [-0.39, 0.29) is 6.10 Å². The minimum atomic E-state index is -0.0979. The quantitative estimate of drug-likeness (QED) is 0.822. The lowest BCUT2D eigenvalue weighted by Crippen LogP contribution is -2.39. The predicted octanol–water partition coefficient (Wildman–Crippen LogP) is 1.19. The van der Waals surface area contributed by atoms with E-state index in [9.17, 15) is 5.11 Å². The van der Waals surface area contributed by atoms with Crippen molar-refractivity contribution in [3.63, 3.8) is 0 Å². The molecule has 0 bridgehead atoms. The Bertz CT molecular complexity index is 320. The van der Waals surface area contributed by atoms with Crippen molar-refractivity contribution in [2.45, 2.75) is 24.9 Å². The molecule has 3 heteroatoms. The van der Waals surface area contributed by atoms with Gasteiger partial charge < -0.3 is 15.7 Å². The van der Waals surface area contributed by atoms with Gasteiger partial charge in [-0.3, -0.25) is 0 Å². The molecule has 94 valence electrons. The van der Waals surface area contributed by atoms with Gasteiger partial charge >= 0.3 is 0 Å². The van der Waals surface area contributed by atoms with Gasteiger partial charge in [0.15, 0.2) is 0 Å². The molecule has 3 N–H and O–H groups in total. The van der Waals surface area contributed by atoms with Crippen LogP contribution in [-0.2, 0) is 0 Å². The molecule has 1 atom stereocenters. The van der Waals surface area contributed by atoms with Gasteiger partial charge in [-0.05, 0) is 18.4 Å². The molecule has 2 rings (SSSR count). The van der Waals surface area contributed by atoms with Crippen molar-refractivity contribution >= 4 is 0 Å². The average Bonchev–Trinajstić information content (AvgIpc) is 2.39. The van der Waals surface area contributed by atoms with E-state index in [0.717, 1.165) is 32.5 Å². The van der Waals surface area contributed by atoms with Gasteiger partial charge in [0.2, 0.25) is 0 Å². The van der Waals surface area contributed by atoms with Gasteiger partial charge in [0.05, 0.1) is 6.10 Å². The van der Waals surface area contributed by atoms with Gasteiger partial charge in [0.25, 0.3) is 0 Å². The highest BCUT2D eigenvalue weighted by Gasteiger charge is 2.20. The van der Waals surface area contributed by atoms with E-state index in [1.807, 2.05) is 6.07 Å². The number of benzene rings is 1. The second-order valence-corrected chi connectivity index (χ2v) is 4.88. The molecule has 1 fully saturated rings. The summed E-state index contributed by atoms with van der Waals surface area (Å²) >= 11 is 0. The maximum atomic E-state index is 9.48. The van der Waals surface area contributed by atoms with E-state index < -0.39 is 0 Å². The highest BCUT2D eigenvalue weighted by molar-refractivity contribution is 5.20. The summed E-state index contributed by atoms with van der Waals surface area (Å²) in [6.45, 7) is 3.67. The van der Waals surface area contributed by atoms with Crippen LogP contribution >= 0.6 is 0 Å². The molecule has 1 aromatic carbocycles. The fourth-order valence-corrected chi connectivity index (χ4v) is 2.45.